The second-order valence-electron chi connectivity index (χ2n) is 5.56. The van der Waals surface area contributed by atoms with Crippen LogP contribution in [0.15, 0.2) is 54.2 Å². The number of carbonyl (C=O) groups is 1. The molecule has 0 amide bonds. The lowest BCUT2D eigenvalue weighted by atomic mass is 10.1. The summed E-state index contributed by atoms with van der Waals surface area (Å²) in [6.45, 7) is 3.96. The third-order valence-electron chi connectivity index (χ3n) is 4.01. The lowest BCUT2D eigenvalue weighted by Gasteiger charge is -2.26. The third kappa shape index (κ3) is 3.05. The highest BCUT2D eigenvalue weighted by Gasteiger charge is 2.24. The van der Waals surface area contributed by atoms with Gasteiger partial charge in [-0.15, -0.1) is 11.3 Å². The van der Waals surface area contributed by atoms with Crippen molar-refractivity contribution in [3.8, 4) is 5.00 Å². The molecular weight excluding hydrogens is 306 g/mol. The van der Waals surface area contributed by atoms with Gasteiger partial charge in [-0.2, -0.15) is 0 Å². The Kier molecular flexibility index (Phi) is 4.30. The van der Waals surface area contributed by atoms with Gasteiger partial charge in [-0.3, -0.25) is 9.36 Å². The smallest absolute Gasteiger partial charge is 0.220 e. The number of Topliss-reactive ketones (excluding diaryl/α,β-unsaturated/α-hetero) is 1. The zero-order valence-corrected chi connectivity index (χ0v) is 14.2. The summed E-state index contributed by atoms with van der Waals surface area (Å²) in [7, 11) is 1.94. The Morgan fingerprint density at radius 1 is 1.26 bits per heavy atom. The van der Waals surface area contributed by atoms with Crippen molar-refractivity contribution in [3.63, 3.8) is 0 Å². The Labute approximate surface area is 140 Å². The molecule has 0 radical (unpaired) electrons. The highest BCUT2D eigenvalue weighted by atomic mass is 32.1. The van der Waals surface area contributed by atoms with Crippen molar-refractivity contribution < 1.29 is 4.79 Å². The van der Waals surface area contributed by atoms with Crippen molar-refractivity contribution in [2.75, 3.05) is 11.9 Å². The molecule has 0 aliphatic rings. The van der Waals surface area contributed by atoms with Crippen LogP contribution in [0.3, 0.4) is 0 Å². The number of nitrogens with zero attached hydrogens (tertiary/aromatic N) is 3. The average molecular weight is 325 g/mol. The van der Waals surface area contributed by atoms with Crippen LogP contribution in [-0.2, 0) is 0 Å². The molecule has 0 aliphatic heterocycles. The van der Waals surface area contributed by atoms with Gasteiger partial charge in [-0.1, -0.05) is 17.7 Å². The first kappa shape index (κ1) is 15.5. The second-order valence-corrected chi connectivity index (χ2v) is 6.48. The molecule has 0 N–H and O–H groups in total. The minimum atomic E-state index is -0.293. The Hall–Kier alpha value is -2.40. The van der Waals surface area contributed by atoms with Gasteiger partial charge in [0.2, 0.25) is 5.78 Å². The van der Waals surface area contributed by atoms with Crippen LogP contribution >= 0.6 is 11.3 Å². The number of carbonyl (C=O) groups excluding carboxylic acids is 1. The first-order valence-electron chi connectivity index (χ1n) is 7.49. The molecule has 1 atom stereocenters. The van der Waals surface area contributed by atoms with E-state index in [4.69, 9.17) is 0 Å². The monoisotopic (exact) mass is 325 g/mol. The molecule has 0 unspecified atom stereocenters. The molecule has 3 rings (SSSR count). The molecule has 2 heterocycles. The lowest BCUT2D eigenvalue weighted by molar-refractivity contribution is 0.0954. The number of hydrogen-bond acceptors (Lipinski definition) is 4. The van der Waals surface area contributed by atoms with Crippen molar-refractivity contribution in [3.05, 3.63) is 65.6 Å². The summed E-state index contributed by atoms with van der Waals surface area (Å²) in [5.74, 6) is 0.477. The van der Waals surface area contributed by atoms with Gasteiger partial charge >= 0.3 is 0 Å². The van der Waals surface area contributed by atoms with Crippen LogP contribution < -0.4 is 4.90 Å². The number of rotatable bonds is 5. The molecule has 0 aliphatic carbocycles. The topological polar surface area (TPSA) is 38.1 Å². The fraction of sp³-hybridized carbons (Fsp3) is 0.222. The van der Waals surface area contributed by atoms with Gasteiger partial charge in [0.15, 0.2) is 5.82 Å². The quantitative estimate of drug-likeness (QED) is 0.667. The lowest BCUT2D eigenvalue weighted by Crippen LogP contribution is -2.37. The number of benzene rings is 1. The highest BCUT2D eigenvalue weighted by molar-refractivity contribution is 7.12. The number of ketones is 1. The summed E-state index contributed by atoms with van der Waals surface area (Å²) in [6.07, 6.45) is 3.50. The molecule has 3 aromatic rings. The minimum Gasteiger partial charge on any atom is -0.364 e. The first-order chi connectivity index (χ1) is 11.1. The Balaban J connectivity index is 1.86. The Bertz CT molecular complexity index is 790. The predicted octanol–water partition coefficient (Wildman–Crippen LogP) is 3.95. The van der Waals surface area contributed by atoms with Crippen LogP contribution in [0, 0.1) is 6.92 Å². The zero-order valence-electron chi connectivity index (χ0n) is 13.4. The van der Waals surface area contributed by atoms with Crippen LogP contribution in [0.2, 0.25) is 0 Å². The van der Waals surface area contributed by atoms with E-state index < -0.39 is 0 Å². The third-order valence-corrected chi connectivity index (χ3v) is 4.87. The maximum Gasteiger partial charge on any atom is 0.220 e. The molecule has 0 bridgehead atoms. The van der Waals surface area contributed by atoms with E-state index in [1.165, 1.54) is 5.56 Å². The molecule has 23 heavy (non-hydrogen) atoms. The SMILES string of the molecule is Cc1ccc(N(C)[C@@H](C)C(=O)c2nccn2-c2cccs2)cc1. The van der Waals surface area contributed by atoms with E-state index >= 15 is 0 Å². The number of aryl methyl sites for hydroxylation is 1. The number of anilines is 1. The summed E-state index contributed by atoms with van der Waals surface area (Å²) >= 11 is 1.59. The number of likely N-dealkylation sites (N-methyl/N-ethyl adjacent to an activating group) is 1. The largest absolute Gasteiger partial charge is 0.364 e. The van der Waals surface area contributed by atoms with Crippen LogP contribution in [0.1, 0.15) is 23.1 Å². The zero-order chi connectivity index (χ0) is 16.4. The molecular formula is C18H19N3OS. The van der Waals surface area contributed by atoms with Crippen LogP contribution in [-0.4, -0.2) is 28.4 Å². The van der Waals surface area contributed by atoms with Crippen molar-refractivity contribution in [2.24, 2.45) is 0 Å². The van der Waals surface area contributed by atoms with E-state index in [0.29, 0.717) is 5.82 Å². The molecule has 2 aromatic heterocycles. The summed E-state index contributed by atoms with van der Waals surface area (Å²) in [6, 6.07) is 11.8. The fourth-order valence-corrected chi connectivity index (χ4v) is 3.15. The van der Waals surface area contributed by atoms with Gasteiger partial charge in [0.05, 0.1) is 6.04 Å². The standard InChI is InChI=1S/C18H19N3OS/c1-13-6-8-15(9-7-13)20(3)14(2)17(22)18-19-10-11-21(18)16-5-4-12-23-16/h4-12,14H,1-3H3/t14-/m0/s1. The normalized spacial score (nSPS) is 12.1. The Morgan fingerprint density at radius 3 is 2.65 bits per heavy atom. The van der Waals surface area contributed by atoms with E-state index in [1.54, 1.807) is 17.5 Å². The van der Waals surface area contributed by atoms with E-state index in [1.807, 2.05) is 59.3 Å². The van der Waals surface area contributed by atoms with E-state index in [9.17, 15) is 4.79 Å². The van der Waals surface area contributed by atoms with Gasteiger partial charge in [0, 0.05) is 25.1 Å². The fourth-order valence-electron chi connectivity index (χ4n) is 2.44. The van der Waals surface area contributed by atoms with Crippen molar-refractivity contribution >= 4 is 22.8 Å². The number of hydrogen-bond donors (Lipinski definition) is 0. The molecule has 1 aromatic carbocycles. The predicted molar refractivity (Wildman–Crippen MR) is 94.8 cm³/mol. The number of thiophene rings is 1. The van der Waals surface area contributed by atoms with Gasteiger partial charge in [0.1, 0.15) is 5.00 Å². The van der Waals surface area contributed by atoms with E-state index in [-0.39, 0.29) is 11.8 Å². The van der Waals surface area contributed by atoms with Crippen LogP contribution in [0.25, 0.3) is 5.00 Å². The molecule has 0 saturated carbocycles. The molecule has 0 fully saturated rings. The van der Waals surface area contributed by atoms with Gasteiger partial charge in [0.25, 0.3) is 0 Å². The van der Waals surface area contributed by atoms with Crippen LogP contribution in [0.4, 0.5) is 5.69 Å². The maximum atomic E-state index is 12.9. The number of aromatic nitrogens is 2. The summed E-state index contributed by atoms with van der Waals surface area (Å²) in [5, 5.41) is 2.99. The van der Waals surface area contributed by atoms with E-state index in [2.05, 4.69) is 24.0 Å². The summed E-state index contributed by atoms with van der Waals surface area (Å²) in [5.41, 5.74) is 2.22. The molecule has 0 spiro atoms. The van der Waals surface area contributed by atoms with Gasteiger partial charge in [-0.05, 0) is 43.5 Å². The first-order valence-corrected chi connectivity index (χ1v) is 8.37. The Morgan fingerprint density at radius 2 is 2.00 bits per heavy atom. The maximum absolute atomic E-state index is 12.9. The highest BCUT2D eigenvalue weighted by Crippen LogP contribution is 2.21. The average Bonchev–Trinajstić information content (AvgIpc) is 3.24. The van der Waals surface area contributed by atoms with Crippen molar-refractivity contribution in [1.29, 1.82) is 0 Å². The van der Waals surface area contributed by atoms with Crippen molar-refractivity contribution in [2.45, 2.75) is 19.9 Å². The number of imidazole rings is 1. The van der Waals surface area contributed by atoms with Crippen molar-refractivity contribution in [1.82, 2.24) is 9.55 Å². The molecule has 118 valence electrons. The second kappa shape index (κ2) is 6.38. The molecule has 0 saturated heterocycles. The van der Waals surface area contributed by atoms with E-state index in [0.717, 1.165) is 10.7 Å². The minimum absolute atomic E-state index is 0.00600. The van der Waals surface area contributed by atoms with Crippen LogP contribution in [0.5, 0.6) is 0 Å². The summed E-state index contributed by atoms with van der Waals surface area (Å²) in [4.78, 5) is 19.1. The molecule has 5 heteroatoms. The molecule has 4 nitrogen and oxygen atoms in total. The summed E-state index contributed by atoms with van der Waals surface area (Å²) < 4.78 is 1.85. The van der Waals surface area contributed by atoms with Gasteiger partial charge < -0.3 is 4.90 Å². The van der Waals surface area contributed by atoms with Gasteiger partial charge in [-0.25, -0.2) is 4.98 Å².